The Hall–Kier alpha value is -2.54. The zero-order valence-corrected chi connectivity index (χ0v) is 12.2. The summed E-state index contributed by atoms with van der Waals surface area (Å²) in [6, 6.07) is 12.2. The van der Waals surface area contributed by atoms with Gasteiger partial charge in [-0.1, -0.05) is 12.1 Å². The largest absolute Gasteiger partial charge is 0.494 e. The van der Waals surface area contributed by atoms with Crippen LogP contribution in [-0.2, 0) is 6.54 Å². The Morgan fingerprint density at radius 1 is 1.29 bits per heavy atom. The van der Waals surface area contributed by atoms with Crippen LogP contribution in [0.5, 0.6) is 5.75 Å². The maximum absolute atomic E-state index is 8.49. The number of benzene rings is 1. The van der Waals surface area contributed by atoms with Crippen molar-refractivity contribution in [3.05, 3.63) is 53.9 Å². The summed E-state index contributed by atoms with van der Waals surface area (Å²) in [4.78, 5) is 4.16. The number of unbranched alkanes of at least 4 members (excludes halogenated alkanes) is 1. The van der Waals surface area contributed by atoms with Gasteiger partial charge in [-0.05, 0) is 42.7 Å². The van der Waals surface area contributed by atoms with Crippen LogP contribution in [0.25, 0.3) is 0 Å². The van der Waals surface area contributed by atoms with Gasteiger partial charge < -0.3 is 10.1 Å². The molecule has 1 N–H and O–H groups in total. The molecule has 0 aliphatic heterocycles. The van der Waals surface area contributed by atoms with E-state index in [2.05, 4.69) is 28.5 Å². The Balaban J connectivity index is 1.87. The summed E-state index contributed by atoms with van der Waals surface area (Å²) in [5, 5.41) is 11.8. The topological polar surface area (TPSA) is 57.9 Å². The molecular formula is C17H19N3O. The van der Waals surface area contributed by atoms with Crippen molar-refractivity contribution in [3.8, 4) is 11.8 Å². The fraction of sp³-hybridized carbons (Fsp3) is 0.294. The molecule has 2 aromatic rings. The van der Waals surface area contributed by atoms with Crippen molar-refractivity contribution < 1.29 is 4.74 Å². The molecule has 2 rings (SSSR count). The number of nitrogens with one attached hydrogen (secondary N) is 1. The van der Waals surface area contributed by atoms with E-state index in [1.165, 1.54) is 0 Å². The molecule has 0 spiro atoms. The van der Waals surface area contributed by atoms with Crippen molar-refractivity contribution in [2.45, 2.75) is 26.3 Å². The lowest BCUT2D eigenvalue weighted by molar-refractivity contribution is 0.312. The van der Waals surface area contributed by atoms with Crippen molar-refractivity contribution >= 4 is 5.69 Å². The predicted octanol–water partition coefficient (Wildman–Crippen LogP) is 3.68. The van der Waals surface area contributed by atoms with Crippen LogP contribution in [0.3, 0.4) is 0 Å². The van der Waals surface area contributed by atoms with E-state index in [1.54, 1.807) is 0 Å². The Labute approximate surface area is 125 Å². The lowest BCUT2D eigenvalue weighted by atomic mass is 10.2. The van der Waals surface area contributed by atoms with Gasteiger partial charge >= 0.3 is 0 Å². The second-order valence-corrected chi connectivity index (χ2v) is 4.86. The fourth-order valence-electron chi connectivity index (χ4n) is 1.94. The summed E-state index contributed by atoms with van der Waals surface area (Å²) in [7, 11) is 0. The van der Waals surface area contributed by atoms with Gasteiger partial charge in [0.2, 0.25) is 0 Å². The van der Waals surface area contributed by atoms with Crippen LogP contribution in [0.2, 0.25) is 0 Å². The minimum Gasteiger partial charge on any atom is -0.494 e. The third kappa shape index (κ3) is 5.15. The molecule has 0 amide bonds. The zero-order valence-electron chi connectivity index (χ0n) is 12.2. The molecule has 1 aromatic carbocycles. The highest BCUT2D eigenvalue weighted by Gasteiger charge is 1.99. The van der Waals surface area contributed by atoms with E-state index in [1.807, 2.05) is 37.5 Å². The standard InChI is InChI=1S/C17H19N3O/c1-14-9-16(13-19-11-14)20-12-15-5-4-6-17(10-15)21-8-3-2-7-18/h4-6,9-11,13,20H,2-3,8,12H2,1H3. The molecular weight excluding hydrogens is 262 g/mol. The molecule has 0 aliphatic carbocycles. The maximum atomic E-state index is 8.49. The molecule has 0 aliphatic rings. The van der Waals surface area contributed by atoms with E-state index >= 15 is 0 Å². The maximum Gasteiger partial charge on any atom is 0.119 e. The smallest absolute Gasteiger partial charge is 0.119 e. The highest BCUT2D eigenvalue weighted by atomic mass is 16.5. The highest BCUT2D eigenvalue weighted by molar-refractivity contribution is 5.43. The van der Waals surface area contributed by atoms with Crippen LogP contribution < -0.4 is 10.1 Å². The van der Waals surface area contributed by atoms with Gasteiger partial charge in [0.1, 0.15) is 5.75 Å². The quantitative estimate of drug-likeness (QED) is 0.786. The van der Waals surface area contributed by atoms with Gasteiger partial charge in [-0.3, -0.25) is 4.98 Å². The van der Waals surface area contributed by atoms with Crippen LogP contribution in [0.4, 0.5) is 5.69 Å². The van der Waals surface area contributed by atoms with Crippen molar-refractivity contribution in [2.75, 3.05) is 11.9 Å². The average Bonchev–Trinajstić information content (AvgIpc) is 2.50. The normalized spacial score (nSPS) is 9.90. The third-order valence-corrected chi connectivity index (χ3v) is 2.97. The minimum atomic E-state index is 0.529. The van der Waals surface area contributed by atoms with E-state index in [0.717, 1.165) is 35.5 Å². The van der Waals surface area contributed by atoms with Crippen LogP contribution in [-0.4, -0.2) is 11.6 Å². The monoisotopic (exact) mass is 281 g/mol. The van der Waals surface area contributed by atoms with Crippen molar-refractivity contribution in [2.24, 2.45) is 0 Å². The SMILES string of the molecule is Cc1cncc(NCc2cccc(OCCCC#N)c2)c1. The van der Waals surface area contributed by atoms with Crippen LogP contribution in [0, 0.1) is 18.3 Å². The molecule has 0 bridgehead atoms. The summed E-state index contributed by atoms with van der Waals surface area (Å²) in [6.07, 6.45) is 4.94. The first-order chi connectivity index (χ1) is 10.3. The van der Waals surface area contributed by atoms with Crippen molar-refractivity contribution in [3.63, 3.8) is 0 Å². The van der Waals surface area contributed by atoms with Gasteiger partial charge in [-0.2, -0.15) is 5.26 Å². The highest BCUT2D eigenvalue weighted by Crippen LogP contribution is 2.15. The summed E-state index contributed by atoms with van der Waals surface area (Å²) in [5.41, 5.74) is 3.29. The number of pyridine rings is 1. The number of nitriles is 1. The number of aromatic nitrogens is 1. The van der Waals surface area contributed by atoms with E-state index in [9.17, 15) is 0 Å². The van der Waals surface area contributed by atoms with Gasteiger partial charge in [0.25, 0.3) is 0 Å². The second-order valence-electron chi connectivity index (χ2n) is 4.86. The Kier molecular flexibility index (Phi) is 5.60. The van der Waals surface area contributed by atoms with Gasteiger partial charge in [-0.15, -0.1) is 0 Å². The van der Waals surface area contributed by atoms with Gasteiger partial charge in [0.15, 0.2) is 0 Å². The Bertz CT molecular complexity index is 619. The van der Waals surface area contributed by atoms with Crippen molar-refractivity contribution in [1.29, 1.82) is 5.26 Å². The average molecular weight is 281 g/mol. The number of hydrogen-bond acceptors (Lipinski definition) is 4. The molecule has 0 saturated carbocycles. The van der Waals surface area contributed by atoms with Crippen LogP contribution >= 0.6 is 0 Å². The van der Waals surface area contributed by atoms with E-state index in [-0.39, 0.29) is 0 Å². The summed E-state index contributed by atoms with van der Waals surface area (Å²) >= 11 is 0. The zero-order chi connectivity index (χ0) is 14.9. The Morgan fingerprint density at radius 2 is 2.19 bits per heavy atom. The lowest BCUT2D eigenvalue weighted by Gasteiger charge is -2.09. The second kappa shape index (κ2) is 7.91. The minimum absolute atomic E-state index is 0.529. The van der Waals surface area contributed by atoms with Gasteiger partial charge in [0, 0.05) is 25.4 Å². The molecule has 0 radical (unpaired) electrons. The molecule has 0 saturated heterocycles. The summed E-state index contributed by atoms with van der Waals surface area (Å²) in [5.74, 6) is 0.842. The number of anilines is 1. The molecule has 4 heteroatoms. The summed E-state index contributed by atoms with van der Waals surface area (Å²) in [6.45, 7) is 3.32. The molecule has 0 unspecified atom stereocenters. The van der Waals surface area contributed by atoms with Crippen LogP contribution in [0.1, 0.15) is 24.0 Å². The molecule has 108 valence electrons. The van der Waals surface area contributed by atoms with Gasteiger partial charge in [-0.25, -0.2) is 0 Å². The predicted molar refractivity (Wildman–Crippen MR) is 83.1 cm³/mol. The van der Waals surface area contributed by atoms with Gasteiger partial charge in [0.05, 0.1) is 18.4 Å². The van der Waals surface area contributed by atoms with E-state index in [4.69, 9.17) is 10.00 Å². The van der Waals surface area contributed by atoms with E-state index < -0.39 is 0 Å². The molecule has 4 nitrogen and oxygen atoms in total. The fourth-order valence-corrected chi connectivity index (χ4v) is 1.94. The molecule has 1 aromatic heterocycles. The number of aryl methyl sites for hydroxylation is 1. The molecule has 0 fully saturated rings. The first kappa shape index (κ1) is 14.9. The number of ether oxygens (including phenoxy) is 1. The van der Waals surface area contributed by atoms with Crippen molar-refractivity contribution in [1.82, 2.24) is 4.98 Å². The van der Waals surface area contributed by atoms with E-state index in [0.29, 0.717) is 13.0 Å². The number of nitrogens with zero attached hydrogens (tertiary/aromatic N) is 2. The van der Waals surface area contributed by atoms with Crippen LogP contribution in [0.15, 0.2) is 42.7 Å². The first-order valence-electron chi connectivity index (χ1n) is 7.02. The number of hydrogen-bond donors (Lipinski definition) is 1. The third-order valence-electron chi connectivity index (χ3n) is 2.97. The first-order valence-corrected chi connectivity index (χ1v) is 7.02. The number of rotatable bonds is 7. The molecule has 0 atom stereocenters. The molecule has 1 heterocycles. The summed E-state index contributed by atoms with van der Waals surface area (Å²) < 4.78 is 5.63. The lowest BCUT2D eigenvalue weighted by Crippen LogP contribution is -2.01. The molecule has 21 heavy (non-hydrogen) atoms. The Morgan fingerprint density at radius 3 is 3.00 bits per heavy atom.